The van der Waals surface area contributed by atoms with Crippen molar-refractivity contribution in [1.29, 1.82) is 10.5 Å². The molecule has 1 aliphatic rings. The summed E-state index contributed by atoms with van der Waals surface area (Å²) in [5.41, 5.74) is 1.95. The highest BCUT2D eigenvalue weighted by molar-refractivity contribution is 7.27. The number of allylic oxidation sites excluding steroid dienone is 3. The van der Waals surface area contributed by atoms with E-state index < -0.39 is 0 Å². The van der Waals surface area contributed by atoms with Crippen molar-refractivity contribution < 1.29 is 4.79 Å². The topological polar surface area (TPSA) is 77.5 Å². The Balaban J connectivity index is 1.88. The van der Waals surface area contributed by atoms with Crippen LogP contribution in [0.1, 0.15) is 45.6 Å². The predicted molar refractivity (Wildman–Crippen MR) is 108 cm³/mol. The maximum atomic E-state index is 12.9. The largest absolute Gasteiger partial charge is 0.289 e. The van der Waals surface area contributed by atoms with Gasteiger partial charge in [-0.15, -0.1) is 22.7 Å². The number of benzene rings is 1. The fraction of sp³-hybridized carbons (Fsp3) is 0.143. The molecule has 0 amide bonds. The minimum absolute atomic E-state index is 0.0434. The Bertz CT molecular complexity index is 1190. The molecule has 27 heavy (non-hydrogen) atoms. The van der Waals surface area contributed by atoms with E-state index in [1.54, 1.807) is 41.7 Å². The van der Waals surface area contributed by atoms with Crippen LogP contribution in [-0.4, -0.2) is 10.8 Å². The molecule has 1 aromatic carbocycles. The van der Waals surface area contributed by atoms with Crippen molar-refractivity contribution in [2.24, 2.45) is 0 Å². The van der Waals surface area contributed by atoms with Crippen LogP contribution < -0.4 is 0 Å². The minimum Gasteiger partial charge on any atom is -0.289 e. The van der Waals surface area contributed by atoms with E-state index in [4.69, 9.17) is 0 Å². The van der Waals surface area contributed by atoms with E-state index in [-0.39, 0.29) is 11.4 Å². The number of carbonyl (C=O) groups is 1. The molecule has 1 aliphatic carbocycles. The van der Waals surface area contributed by atoms with Crippen LogP contribution in [-0.2, 0) is 0 Å². The molecule has 0 saturated heterocycles. The third-order valence-corrected chi connectivity index (χ3v) is 6.74. The molecule has 0 aliphatic heterocycles. The summed E-state index contributed by atoms with van der Waals surface area (Å²) in [5.74, 6) is 0.224. The number of nitrogens with zero attached hydrogens (tertiary/aromatic N) is 3. The summed E-state index contributed by atoms with van der Waals surface area (Å²) in [6.45, 7) is 4.23. The van der Waals surface area contributed by atoms with Crippen LogP contribution in [0.4, 0.5) is 0 Å². The van der Waals surface area contributed by atoms with Crippen LogP contribution in [0.2, 0.25) is 0 Å². The highest BCUT2D eigenvalue weighted by Crippen LogP contribution is 2.41. The molecule has 130 valence electrons. The molecule has 4 rings (SSSR count). The summed E-state index contributed by atoms with van der Waals surface area (Å²) >= 11 is 3.17. The first kappa shape index (κ1) is 17.4. The lowest BCUT2D eigenvalue weighted by molar-refractivity contribution is 0.104. The highest BCUT2D eigenvalue weighted by Gasteiger charge is 2.32. The monoisotopic (exact) mass is 387 g/mol. The van der Waals surface area contributed by atoms with Crippen molar-refractivity contribution in [2.45, 2.75) is 19.8 Å². The number of Topliss-reactive ketones (excluding diaryl/α,β-unsaturated/α-hetero) is 1. The number of aromatic nitrogens is 1. The van der Waals surface area contributed by atoms with Gasteiger partial charge in [0.15, 0.2) is 5.78 Å². The van der Waals surface area contributed by atoms with E-state index in [1.807, 2.05) is 18.2 Å². The van der Waals surface area contributed by atoms with Gasteiger partial charge < -0.3 is 0 Å². The summed E-state index contributed by atoms with van der Waals surface area (Å²) in [5, 5.41) is 19.8. The first-order chi connectivity index (χ1) is 13.0. The Morgan fingerprint density at radius 3 is 2.48 bits per heavy atom. The molecule has 0 atom stereocenters. The van der Waals surface area contributed by atoms with Crippen molar-refractivity contribution in [3.63, 3.8) is 0 Å². The number of hydrogen-bond donors (Lipinski definition) is 0. The second-order valence-electron chi connectivity index (χ2n) is 6.43. The lowest BCUT2D eigenvalue weighted by Crippen LogP contribution is -1.95. The zero-order valence-electron chi connectivity index (χ0n) is 14.6. The number of rotatable bonds is 2. The van der Waals surface area contributed by atoms with Crippen molar-refractivity contribution in [3.8, 4) is 12.1 Å². The van der Waals surface area contributed by atoms with Gasteiger partial charge in [-0.3, -0.25) is 4.79 Å². The van der Waals surface area contributed by atoms with Crippen molar-refractivity contribution in [1.82, 2.24) is 4.98 Å². The summed E-state index contributed by atoms with van der Waals surface area (Å²) in [6.07, 6.45) is 1.78. The van der Waals surface area contributed by atoms with E-state index >= 15 is 0 Å². The van der Waals surface area contributed by atoms with Gasteiger partial charge in [0.2, 0.25) is 0 Å². The van der Waals surface area contributed by atoms with Crippen LogP contribution in [0.15, 0.2) is 41.5 Å². The fourth-order valence-electron chi connectivity index (χ4n) is 3.08. The molecule has 0 saturated carbocycles. The number of thiazole rings is 1. The van der Waals surface area contributed by atoms with Crippen molar-refractivity contribution in [2.75, 3.05) is 0 Å². The predicted octanol–water partition coefficient (Wildman–Crippen LogP) is 5.56. The number of hydrogen-bond acceptors (Lipinski definition) is 6. The molecule has 2 heterocycles. The van der Waals surface area contributed by atoms with Crippen LogP contribution >= 0.6 is 22.7 Å². The maximum Gasteiger partial charge on any atom is 0.194 e. The molecule has 0 radical (unpaired) electrons. The van der Waals surface area contributed by atoms with Gasteiger partial charge in [0.05, 0.1) is 9.71 Å². The molecule has 0 unspecified atom stereocenters. The molecule has 2 aromatic heterocycles. The Morgan fingerprint density at radius 1 is 1.15 bits per heavy atom. The van der Waals surface area contributed by atoms with Crippen molar-refractivity contribution >= 4 is 49.6 Å². The van der Waals surface area contributed by atoms with E-state index in [0.29, 0.717) is 28.2 Å². The summed E-state index contributed by atoms with van der Waals surface area (Å²) < 4.78 is 1.09. The molecule has 0 N–H and O–H groups in total. The lowest BCUT2D eigenvalue weighted by Gasteiger charge is -2.01. The fourth-order valence-corrected chi connectivity index (χ4v) is 5.26. The average molecular weight is 387 g/mol. The molecule has 0 bridgehead atoms. The van der Waals surface area contributed by atoms with E-state index in [2.05, 4.69) is 18.8 Å². The highest BCUT2D eigenvalue weighted by atomic mass is 32.1. The number of nitriles is 2. The quantitative estimate of drug-likeness (QED) is 0.426. The molecule has 0 fully saturated rings. The number of carbonyl (C=O) groups excluding carboxylic acids is 1. The van der Waals surface area contributed by atoms with Gasteiger partial charge in [-0.2, -0.15) is 10.5 Å². The number of ketones is 1. The second kappa shape index (κ2) is 6.59. The van der Waals surface area contributed by atoms with Gasteiger partial charge in [0.25, 0.3) is 0 Å². The number of fused-ring (bicyclic) bond motifs is 2. The Hall–Kier alpha value is -3.06. The summed E-state index contributed by atoms with van der Waals surface area (Å²) in [7, 11) is 0. The first-order valence-corrected chi connectivity index (χ1v) is 9.97. The van der Waals surface area contributed by atoms with E-state index in [0.717, 1.165) is 19.4 Å². The van der Waals surface area contributed by atoms with Crippen LogP contribution in [0, 0.1) is 22.7 Å². The normalized spacial score (nSPS) is 14.6. The Morgan fingerprint density at radius 2 is 1.85 bits per heavy atom. The molecule has 0 spiro atoms. The van der Waals surface area contributed by atoms with Crippen LogP contribution in [0.3, 0.4) is 0 Å². The van der Waals surface area contributed by atoms with Gasteiger partial charge in [0, 0.05) is 27.5 Å². The SMILES string of the molecule is CC(C)c1nc2sc(/C=C3\C(=O)c4ccccc4C3=C(C#N)C#N)cc2s1. The minimum atomic E-state index is -0.156. The molecular formula is C21H13N3OS2. The summed E-state index contributed by atoms with van der Waals surface area (Å²) in [6, 6.07) is 13.0. The maximum absolute atomic E-state index is 12.9. The molecule has 6 heteroatoms. The summed E-state index contributed by atoms with van der Waals surface area (Å²) in [4.78, 5) is 19.4. The molecule has 3 aromatic rings. The van der Waals surface area contributed by atoms with Gasteiger partial charge in [0.1, 0.15) is 22.5 Å². The smallest absolute Gasteiger partial charge is 0.194 e. The number of thiophene rings is 1. The van der Waals surface area contributed by atoms with Crippen LogP contribution in [0.5, 0.6) is 0 Å². The van der Waals surface area contributed by atoms with Crippen molar-refractivity contribution in [3.05, 3.63) is 62.5 Å². The van der Waals surface area contributed by atoms with E-state index in [9.17, 15) is 15.3 Å². The third kappa shape index (κ3) is 2.80. The van der Waals surface area contributed by atoms with Gasteiger partial charge in [-0.05, 0) is 17.7 Å². The first-order valence-electron chi connectivity index (χ1n) is 8.34. The zero-order valence-corrected chi connectivity index (χ0v) is 16.2. The standard InChI is InChI=1S/C21H13N3OS2/c1-11(2)20-24-21-17(27-20)8-13(26-21)7-16-18(12(9-22)10-23)14-5-3-4-6-15(14)19(16)25/h3-8,11H,1-2H3/b16-7-. The van der Waals surface area contributed by atoms with Gasteiger partial charge in [-0.1, -0.05) is 38.1 Å². The Kier molecular flexibility index (Phi) is 4.24. The average Bonchev–Trinajstić information content (AvgIpc) is 3.29. The van der Waals surface area contributed by atoms with Gasteiger partial charge >= 0.3 is 0 Å². The molecule has 4 nitrogen and oxygen atoms in total. The molecular weight excluding hydrogens is 374 g/mol. The zero-order chi connectivity index (χ0) is 19.1. The van der Waals surface area contributed by atoms with Gasteiger partial charge in [-0.25, -0.2) is 4.98 Å². The second-order valence-corrected chi connectivity index (χ2v) is 8.56. The van der Waals surface area contributed by atoms with Crippen LogP contribution in [0.25, 0.3) is 21.2 Å². The Labute approximate surface area is 164 Å². The van der Waals surface area contributed by atoms with E-state index in [1.165, 1.54) is 11.3 Å². The third-order valence-electron chi connectivity index (χ3n) is 4.33. The lowest BCUT2D eigenvalue weighted by atomic mass is 9.99.